The average Bonchev–Trinajstić information content (AvgIpc) is 3.24. The van der Waals surface area contributed by atoms with Gasteiger partial charge >= 0.3 is 5.97 Å². The summed E-state index contributed by atoms with van der Waals surface area (Å²) in [6.45, 7) is 3.23. The number of carbonyl (C=O) groups is 1. The van der Waals surface area contributed by atoms with Crippen LogP contribution in [0, 0.1) is 18.8 Å². The van der Waals surface area contributed by atoms with Crippen LogP contribution < -0.4 is 10.1 Å². The number of alkyl halides is 2. The van der Waals surface area contributed by atoms with Crippen LogP contribution in [-0.2, 0) is 14.8 Å². The standard InChI is InChI=1S/C24H34F2N2O5S/c1-16-4-5-22(34(31,32)28-10-2-3-20(28)23(29)30)21(11-16)33-15-18-12-17(13-18)14-27-19-6-8-24(25,26)9-7-19/h4-5,11,17-20,27H,2-3,6-10,12-15H2,1H3,(H,29,30)/t17?,18?,20-/m0/s1. The molecule has 10 heteroatoms. The van der Waals surface area contributed by atoms with Gasteiger partial charge in [-0.15, -0.1) is 0 Å². The Morgan fingerprint density at radius 1 is 1.21 bits per heavy atom. The highest BCUT2D eigenvalue weighted by Gasteiger charge is 2.41. The van der Waals surface area contributed by atoms with E-state index in [0.717, 1.165) is 29.3 Å². The zero-order chi connectivity index (χ0) is 24.5. The number of nitrogens with zero attached hydrogens (tertiary/aromatic N) is 1. The van der Waals surface area contributed by atoms with E-state index in [1.165, 1.54) is 6.07 Å². The molecule has 1 saturated heterocycles. The van der Waals surface area contributed by atoms with Gasteiger partial charge in [-0.1, -0.05) is 6.07 Å². The minimum Gasteiger partial charge on any atom is -0.492 e. The van der Waals surface area contributed by atoms with Gasteiger partial charge in [0.1, 0.15) is 16.7 Å². The van der Waals surface area contributed by atoms with Crippen molar-refractivity contribution in [2.24, 2.45) is 11.8 Å². The molecule has 1 atom stereocenters. The molecule has 1 aliphatic heterocycles. The first kappa shape index (κ1) is 25.3. The Morgan fingerprint density at radius 2 is 1.91 bits per heavy atom. The third-order valence-corrected chi connectivity index (χ3v) is 9.34. The van der Waals surface area contributed by atoms with Crippen molar-refractivity contribution in [2.45, 2.75) is 81.2 Å². The lowest BCUT2D eigenvalue weighted by atomic mass is 9.75. The lowest BCUT2D eigenvalue weighted by Crippen LogP contribution is -2.42. The van der Waals surface area contributed by atoms with Gasteiger partial charge in [-0.05, 0) is 81.5 Å². The lowest BCUT2D eigenvalue weighted by Gasteiger charge is -2.37. The second-order valence-corrected chi connectivity index (χ2v) is 12.0. The average molecular weight is 501 g/mol. The maximum Gasteiger partial charge on any atom is 0.322 e. The molecule has 7 nitrogen and oxygen atoms in total. The maximum atomic E-state index is 13.3. The highest BCUT2D eigenvalue weighted by atomic mass is 32.2. The molecule has 0 aromatic heterocycles. The van der Waals surface area contributed by atoms with Crippen molar-refractivity contribution in [3.63, 3.8) is 0 Å². The van der Waals surface area contributed by atoms with Crippen molar-refractivity contribution in [2.75, 3.05) is 19.7 Å². The second-order valence-electron chi connectivity index (χ2n) is 10.1. The van der Waals surface area contributed by atoms with Gasteiger partial charge in [0.25, 0.3) is 0 Å². The summed E-state index contributed by atoms with van der Waals surface area (Å²) in [7, 11) is -3.99. The fourth-order valence-corrected chi connectivity index (χ4v) is 7.07. The zero-order valence-corrected chi connectivity index (χ0v) is 20.3. The van der Waals surface area contributed by atoms with Crippen LogP contribution in [-0.4, -0.2) is 61.5 Å². The van der Waals surface area contributed by atoms with Gasteiger partial charge in [-0.25, -0.2) is 17.2 Å². The minimum atomic E-state index is -3.99. The summed E-state index contributed by atoms with van der Waals surface area (Å²) in [5.74, 6) is -2.61. The number of halogens is 2. The van der Waals surface area contributed by atoms with E-state index in [1.54, 1.807) is 12.1 Å². The predicted molar refractivity (Wildman–Crippen MR) is 123 cm³/mol. The Morgan fingerprint density at radius 3 is 2.59 bits per heavy atom. The number of carboxylic acids is 1. The molecule has 34 heavy (non-hydrogen) atoms. The number of sulfonamides is 1. The Labute approximate surface area is 199 Å². The predicted octanol–water partition coefficient (Wildman–Crippen LogP) is 3.81. The number of benzene rings is 1. The lowest BCUT2D eigenvalue weighted by molar-refractivity contribution is -0.140. The van der Waals surface area contributed by atoms with Crippen molar-refractivity contribution >= 4 is 16.0 Å². The number of carboxylic acid groups (broad SMARTS) is 1. The topological polar surface area (TPSA) is 95.9 Å². The Hall–Kier alpha value is -1.78. The van der Waals surface area contributed by atoms with E-state index in [0.29, 0.717) is 44.1 Å². The van der Waals surface area contributed by atoms with Crippen molar-refractivity contribution in [1.29, 1.82) is 0 Å². The van der Waals surface area contributed by atoms with Crippen LogP contribution in [0.2, 0.25) is 0 Å². The van der Waals surface area contributed by atoms with Crippen LogP contribution in [0.1, 0.15) is 56.9 Å². The van der Waals surface area contributed by atoms with Crippen LogP contribution in [0.15, 0.2) is 23.1 Å². The molecular formula is C24H34F2N2O5S. The summed E-state index contributed by atoms with van der Waals surface area (Å²) in [4.78, 5) is 11.5. The van der Waals surface area contributed by atoms with E-state index in [-0.39, 0.29) is 36.1 Å². The number of nitrogens with one attached hydrogen (secondary N) is 1. The van der Waals surface area contributed by atoms with Crippen LogP contribution >= 0.6 is 0 Å². The van der Waals surface area contributed by atoms with Crippen molar-refractivity contribution in [1.82, 2.24) is 9.62 Å². The first-order valence-corrected chi connectivity index (χ1v) is 13.6. The SMILES string of the molecule is Cc1ccc(S(=O)(=O)N2CCC[C@H]2C(=O)O)c(OCC2CC(CNC3CCC(F)(F)CC3)C2)c1. The molecule has 0 unspecified atom stereocenters. The van der Waals surface area contributed by atoms with Gasteiger partial charge in [0.2, 0.25) is 15.9 Å². The van der Waals surface area contributed by atoms with Gasteiger partial charge in [-0.3, -0.25) is 4.79 Å². The number of aliphatic carboxylic acids is 1. The number of hydrogen-bond acceptors (Lipinski definition) is 5. The van der Waals surface area contributed by atoms with E-state index in [9.17, 15) is 27.1 Å². The Bertz CT molecular complexity index is 987. The third-order valence-electron chi connectivity index (χ3n) is 7.39. The molecule has 0 spiro atoms. The molecule has 1 aromatic rings. The summed E-state index contributed by atoms with van der Waals surface area (Å²) < 4.78 is 60.2. The zero-order valence-electron chi connectivity index (χ0n) is 19.5. The molecule has 0 bridgehead atoms. The summed E-state index contributed by atoms with van der Waals surface area (Å²) >= 11 is 0. The maximum absolute atomic E-state index is 13.3. The highest BCUT2D eigenvalue weighted by molar-refractivity contribution is 7.89. The first-order valence-electron chi connectivity index (χ1n) is 12.1. The molecule has 2 aliphatic carbocycles. The molecule has 0 amide bonds. The second kappa shape index (κ2) is 10.1. The minimum absolute atomic E-state index is 0.0119. The number of aryl methyl sites for hydroxylation is 1. The van der Waals surface area contributed by atoms with E-state index < -0.39 is 28.0 Å². The molecule has 3 aliphatic rings. The van der Waals surface area contributed by atoms with Gasteiger partial charge in [0.05, 0.1) is 6.61 Å². The van der Waals surface area contributed by atoms with Crippen LogP contribution in [0.3, 0.4) is 0 Å². The number of rotatable bonds is 9. The van der Waals surface area contributed by atoms with Crippen molar-refractivity contribution in [3.05, 3.63) is 23.8 Å². The molecule has 2 saturated carbocycles. The molecule has 0 radical (unpaired) electrons. The molecule has 1 heterocycles. The monoisotopic (exact) mass is 500 g/mol. The van der Waals surface area contributed by atoms with E-state index in [2.05, 4.69) is 5.32 Å². The van der Waals surface area contributed by atoms with E-state index in [4.69, 9.17) is 4.74 Å². The van der Waals surface area contributed by atoms with E-state index >= 15 is 0 Å². The van der Waals surface area contributed by atoms with Crippen molar-refractivity contribution in [3.8, 4) is 5.75 Å². The smallest absolute Gasteiger partial charge is 0.322 e. The number of ether oxygens (including phenoxy) is 1. The normalized spacial score (nSPS) is 27.9. The summed E-state index contributed by atoms with van der Waals surface area (Å²) in [6, 6.07) is 4.00. The van der Waals surface area contributed by atoms with E-state index in [1.807, 2.05) is 6.92 Å². The van der Waals surface area contributed by atoms with Crippen LogP contribution in [0.5, 0.6) is 5.75 Å². The van der Waals surface area contributed by atoms with Gasteiger partial charge < -0.3 is 15.2 Å². The Kier molecular flexibility index (Phi) is 7.50. The molecule has 4 rings (SSSR count). The first-order chi connectivity index (χ1) is 16.0. The Balaban J connectivity index is 1.30. The third kappa shape index (κ3) is 5.71. The van der Waals surface area contributed by atoms with Gasteiger partial charge in [-0.2, -0.15) is 4.31 Å². The molecule has 2 N–H and O–H groups in total. The molecule has 190 valence electrons. The summed E-state index contributed by atoms with van der Waals surface area (Å²) in [5.41, 5.74) is 0.860. The fourth-order valence-electron chi connectivity index (χ4n) is 5.30. The molecule has 1 aromatic carbocycles. The van der Waals surface area contributed by atoms with Crippen LogP contribution in [0.25, 0.3) is 0 Å². The molecule has 3 fully saturated rings. The summed E-state index contributed by atoms with van der Waals surface area (Å²) in [6.07, 6.45) is 3.63. The van der Waals surface area contributed by atoms with Gasteiger partial charge in [0, 0.05) is 25.4 Å². The fraction of sp³-hybridized carbons (Fsp3) is 0.708. The molecular weight excluding hydrogens is 466 g/mol. The quantitative estimate of drug-likeness (QED) is 0.536. The largest absolute Gasteiger partial charge is 0.492 e. The van der Waals surface area contributed by atoms with Crippen LogP contribution in [0.4, 0.5) is 8.78 Å². The van der Waals surface area contributed by atoms with Gasteiger partial charge in [0.15, 0.2) is 0 Å². The van der Waals surface area contributed by atoms with Crippen molar-refractivity contribution < 1.29 is 31.8 Å². The number of hydrogen-bond donors (Lipinski definition) is 2. The summed E-state index contributed by atoms with van der Waals surface area (Å²) in [5, 5.41) is 12.9. The highest BCUT2D eigenvalue weighted by Crippen LogP contribution is 2.37.